The fraction of sp³-hybridized carbons (Fsp3) is 0.632. The second kappa shape index (κ2) is 8.06. The smallest absolute Gasteiger partial charge is 0.262 e. The fourth-order valence-corrected chi connectivity index (χ4v) is 3.77. The van der Waals surface area contributed by atoms with Crippen LogP contribution in [0.4, 0.5) is 0 Å². The average molecular weight is 343 g/mol. The maximum absolute atomic E-state index is 12.9. The summed E-state index contributed by atoms with van der Waals surface area (Å²) in [4.78, 5) is 26.9. The van der Waals surface area contributed by atoms with Gasteiger partial charge in [-0.15, -0.1) is 0 Å². The minimum atomic E-state index is 0.0312. The summed E-state index contributed by atoms with van der Waals surface area (Å²) in [6.45, 7) is 9.14. The van der Waals surface area contributed by atoms with Crippen LogP contribution >= 0.6 is 0 Å². The van der Waals surface area contributed by atoms with E-state index in [4.69, 9.17) is 4.98 Å². The van der Waals surface area contributed by atoms with Gasteiger partial charge in [-0.05, 0) is 39.4 Å². The monoisotopic (exact) mass is 343 g/mol. The normalized spacial score (nSPS) is 18.4. The largest absolute Gasteiger partial charge is 0.305 e. The highest BCUT2D eigenvalue weighted by Crippen LogP contribution is 2.26. The number of hydrogen-bond donors (Lipinski definition) is 0. The molecular formula is C19H29N5O. The van der Waals surface area contributed by atoms with Gasteiger partial charge >= 0.3 is 0 Å². The summed E-state index contributed by atoms with van der Waals surface area (Å²) in [6, 6.07) is 2.04. The Morgan fingerprint density at radius 3 is 2.80 bits per heavy atom. The molecule has 0 spiro atoms. The number of likely N-dealkylation sites (N-methyl/N-ethyl adjacent to an activating group) is 1. The molecule has 3 rings (SSSR count). The van der Waals surface area contributed by atoms with Crippen molar-refractivity contribution < 1.29 is 0 Å². The number of rotatable bonds is 5. The molecule has 0 unspecified atom stereocenters. The van der Waals surface area contributed by atoms with Crippen LogP contribution in [0.25, 0.3) is 10.9 Å². The lowest BCUT2D eigenvalue weighted by molar-refractivity contribution is 0.180. The molecule has 25 heavy (non-hydrogen) atoms. The fourth-order valence-electron chi connectivity index (χ4n) is 3.77. The third kappa shape index (κ3) is 3.75. The lowest BCUT2D eigenvalue weighted by Crippen LogP contribution is -2.37. The van der Waals surface area contributed by atoms with Crippen molar-refractivity contribution in [2.24, 2.45) is 0 Å². The zero-order valence-electron chi connectivity index (χ0n) is 15.6. The Kier molecular flexibility index (Phi) is 5.81. The second-order valence-corrected chi connectivity index (χ2v) is 6.91. The number of nitrogens with zero attached hydrogens (tertiary/aromatic N) is 5. The van der Waals surface area contributed by atoms with Crippen LogP contribution in [0.2, 0.25) is 0 Å². The molecule has 0 radical (unpaired) electrons. The quantitative estimate of drug-likeness (QED) is 0.834. The summed E-state index contributed by atoms with van der Waals surface area (Å²) in [6.07, 6.45) is 6.60. The van der Waals surface area contributed by atoms with Crippen molar-refractivity contribution in [1.29, 1.82) is 0 Å². The molecule has 0 aliphatic carbocycles. The van der Waals surface area contributed by atoms with Crippen LogP contribution in [-0.2, 0) is 6.54 Å². The summed E-state index contributed by atoms with van der Waals surface area (Å²) < 4.78 is 1.85. The van der Waals surface area contributed by atoms with Crippen LogP contribution in [0.1, 0.15) is 45.0 Å². The van der Waals surface area contributed by atoms with Crippen LogP contribution in [0.3, 0.4) is 0 Å². The molecule has 1 aliphatic rings. The molecule has 0 bridgehead atoms. The molecule has 6 heteroatoms. The maximum atomic E-state index is 12.9. The highest BCUT2D eigenvalue weighted by Gasteiger charge is 2.26. The van der Waals surface area contributed by atoms with E-state index >= 15 is 0 Å². The van der Waals surface area contributed by atoms with Gasteiger partial charge in [0, 0.05) is 38.6 Å². The first-order valence-corrected chi connectivity index (χ1v) is 9.42. The van der Waals surface area contributed by atoms with Crippen LogP contribution < -0.4 is 5.56 Å². The van der Waals surface area contributed by atoms with Crippen molar-refractivity contribution in [3.05, 3.63) is 34.6 Å². The molecule has 0 saturated carbocycles. The van der Waals surface area contributed by atoms with Gasteiger partial charge in [-0.2, -0.15) is 0 Å². The molecule has 1 saturated heterocycles. The number of aromatic nitrogens is 3. The summed E-state index contributed by atoms with van der Waals surface area (Å²) in [7, 11) is 2.18. The predicted molar refractivity (Wildman–Crippen MR) is 101 cm³/mol. The van der Waals surface area contributed by atoms with E-state index in [-0.39, 0.29) is 11.6 Å². The molecule has 1 atom stereocenters. The first-order chi connectivity index (χ1) is 12.2. The van der Waals surface area contributed by atoms with E-state index in [0.29, 0.717) is 11.9 Å². The van der Waals surface area contributed by atoms with Crippen molar-refractivity contribution in [1.82, 2.24) is 24.3 Å². The SMILES string of the molecule is CCC[C@@H](c1nc2ccncc2c(=O)n1CC)N1CCCN(C)CC1. The van der Waals surface area contributed by atoms with Gasteiger partial charge in [-0.3, -0.25) is 19.2 Å². The second-order valence-electron chi connectivity index (χ2n) is 6.91. The molecule has 3 heterocycles. The van der Waals surface area contributed by atoms with Gasteiger partial charge in [0.2, 0.25) is 0 Å². The topological polar surface area (TPSA) is 54.3 Å². The molecule has 1 aliphatic heterocycles. The molecule has 1 fully saturated rings. The number of hydrogen-bond acceptors (Lipinski definition) is 5. The number of pyridine rings is 1. The van der Waals surface area contributed by atoms with Crippen LogP contribution in [-0.4, -0.2) is 57.6 Å². The third-order valence-corrected chi connectivity index (χ3v) is 5.16. The van der Waals surface area contributed by atoms with E-state index in [9.17, 15) is 4.79 Å². The summed E-state index contributed by atoms with van der Waals surface area (Å²) >= 11 is 0. The van der Waals surface area contributed by atoms with Gasteiger partial charge in [-0.25, -0.2) is 4.98 Å². The van der Waals surface area contributed by atoms with Crippen LogP contribution in [0.5, 0.6) is 0 Å². The maximum Gasteiger partial charge on any atom is 0.262 e. The van der Waals surface area contributed by atoms with E-state index in [1.54, 1.807) is 12.4 Å². The summed E-state index contributed by atoms with van der Waals surface area (Å²) in [5.74, 6) is 0.914. The molecule has 6 nitrogen and oxygen atoms in total. The van der Waals surface area contributed by atoms with Crippen molar-refractivity contribution in [3.8, 4) is 0 Å². The average Bonchev–Trinajstić information content (AvgIpc) is 2.84. The van der Waals surface area contributed by atoms with Gasteiger partial charge < -0.3 is 4.90 Å². The minimum absolute atomic E-state index is 0.0312. The lowest BCUT2D eigenvalue weighted by Gasteiger charge is -2.31. The summed E-state index contributed by atoms with van der Waals surface area (Å²) in [5, 5.41) is 0.610. The first kappa shape index (κ1) is 18.0. The van der Waals surface area contributed by atoms with Gasteiger partial charge in [0.05, 0.1) is 16.9 Å². The van der Waals surface area contributed by atoms with Crippen molar-refractivity contribution in [2.45, 2.75) is 45.7 Å². The zero-order chi connectivity index (χ0) is 17.8. The standard InChI is InChI=1S/C19H29N5O/c1-4-7-17(23-11-6-10-22(3)12-13-23)18-21-16-8-9-20-14-15(16)19(25)24(18)5-2/h8-9,14,17H,4-7,10-13H2,1-3H3/t17-/m0/s1. The van der Waals surface area contributed by atoms with Crippen LogP contribution in [0.15, 0.2) is 23.3 Å². The highest BCUT2D eigenvalue weighted by molar-refractivity contribution is 5.76. The Balaban J connectivity index is 2.07. The van der Waals surface area contributed by atoms with Crippen molar-refractivity contribution >= 4 is 10.9 Å². The van der Waals surface area contributed by atoms with Crippen LogP contribution in [0, 0.1) is 0 Å². The molecular weight excluding hydrogens is 314 g/mol. The molecule has 0 aromatic carbocycles. The molecule has 0 N–H and O–H groups in total. The lowest BCUT2D eigenvalue weighted by atomic mass is 10.1. The van der Waals surface area contributed by atoms with Gasteiger partial charge in [0.15, 0.2) is 0 Å². The highest BCUT2D eigenvalue weighted by atomic mass is 16.1. The minimum Gasteiger partial charge on any atom is -0.305 e. The van der Waals surface area contributed by atoms with E-state index in [1.165, 1.54) is 0 Å². The van der Waals surface area contributed by atoms with E-state index < -0.39 is 0 Å². The Hall–Kier alpha value is -1.79. The Morgan fingerprint density at radius 2 is 2.04 bits per heavy atom. The first-order valence-electron chi connectivity index (χ1n) is 9.42. The zero-order valence-corrected chi connectivity index (χ0v) is 15.6. The molecule has 2 aromatic rings. The molecule has 0 amide bonds. The van der Waals surface area contributed by atoms with Gasteiger partial charge in [-0.1, -0.05) is 13.3 Å². The Morgan fingerprint density at radius 1 is 1.20 bits per heavy atom. The third-order valence-electron chi connectivity index (χ3n) is 5.16. The summed E-state index contributed by atoms with van der Waals surface area (Å²) in [5.41, 5.74) is 0.788. The van der Waals surface area contributed by atoms with Gasteiger partial charge in [0.1, 0.15) is 5.82 Å². The Bertz CT molecular complexity index is 772. The van der Waals surface area contributed by atoms with E-state index in [2.05, 4.69) is 28.8 Å². The van der Waals surface area contributed by atoms with Crippen molar-refractivity contribution in [3.63, 3.8) is 0 Å². The Labute approximate surface area is 149 Å². The predicted octanol–water partition coefficient (Wildman–Crippen LogP) is 2.29. The number of fused-ring (bicyclic) bond motifs is 1. The molecule has 2 aromatic heterocycles. The van der Waals surface area contributed by atoms with E-state index in [0.717, 1.165) is 56.8 Å². The van der Waals surface area contributed by atoms with Crippen molar-refractivity contribution in [2.75, 3.05) is 33.2 Å². The molecule has 136 valence electrons. The van der Waals surface area contributed by atoms with Gasteiger partial charge in [0.25, 0.3) is 5.56 Å². The van der Waals surface area contributed by atoms with E-state index in [1.807, 2.05) is 17.6 Å².